The van der Waals surface area contributed by atoms with Gasteiger partial charge in [-0.1, -0.05) is 6.92 Å². The molecule has 0 aromatic carbocycles. The molecule has 1 fully saturated rings. The van der Waals surface area contributed by atoms with Crippen LogP contribution >= 0.6 is 0 Å². The zero-order chi connectivity index (χ0) is 11.7. The molecule has 0 amide bonds. The summed E-state index contributed by atoms with van der Waals surface area (Å²) in [5, 5.41) is 3.53. The Hall–Kier alpha value is -1.42. The van der Waals surface area contributed by atoms with Gasteiger partial charge in [0.25, 0.3) is 0 Å². The lowest BCUT2D eigenvalue weighted by Gasteiger charge is -2.13. The van der Waals surface area contributed by atoms with E-state index >= 15 is 0 Å². The predicted octanol–water partition coefficient (Wildman–Crippen LogP) is 2.27. The quantitative estimate of drug-likeness (QED) is 0.879. The number of nitrogens with zero attached hydrogens (tertiary/aromatic N) is 3. The van der Waals surface area contributed by atoms with E-state index in [0.717, 1.165) is 25.0 Å². The van der Waals surface area contributed by atoms with Crippen molar-refractivity contribution in [2.24, 2.45) is 0 Å². The van der Waals surface area contributed by atoms with Crippen LogP contribution in [-0.2, 0) is 6.54 Å². The van der Waals surface area contributed by atoms with E-state index in [0.29, 0.717) is 6.04 Å². The molecule has 0 saturated carbocycles. The Kier molecular flexibility index (Phi) is 2.81. The van der Waals surface area contributed by atoms with Crippen LogP contribution in [0.1, 0.15) is 38.1 Å². The zero-order valence-corrected chi connectivity index (χ0v) is 10.2. The van der Waals surface area contributed by atoms with Gasteiger partial charge in [0.05, 0.1) is 17.8 Å². The number of aryl methyl sites for hydroxylation is 1. The lowest BCUT2D eigenvalue weighted by atomic mass is 10.2. The van der Waals surface area contributed by atoms with E-state index < -0.39 is 0 Å². The lowest BCUT2D eigenvalue weighted by molar-refractivity contribution is 0.550. The summed E-state index contributed by atoms with van der Waals surface area (Å²) in [6.07, 6.45) is 7.29. The molecular formula is C13H18N4. The Morgan fingerprint density at radius 1 is 1.53 bits per heavy atom. The highest BCUT2D eigenvalue weighted by Crippen LogP contribution is 2.26. The highest BCUT2D eigenvalue weighted by atomic mass is 15.1. The van der Waals surface area contributed by atoms with Gasteiger partial charge in [-0.3, -0.25) is 4.98 Å². The Bertz CT molecular complexity index is 511. The molecule has 1 unspecified atom stereocenters. The number of imidazole rings is 1. The fourth-order valence-corrected chi connectivity index (χ4v) is 2.63. The van der Waals surface area contributed by atoms with Crippen LogP contribution in [-0.4, -0.2) is 21.1 Å². The van der Waals surface area contributed by atoms with Crippen LogP contribution in [0.25, 0.3) is 11.0 Å². The first kappa shape index (κ1) is 10.7. The molecule has 0 aliphatic carbocycles. The maximum absolute atomic E-state index is 4.75. The van der Waals surface area contributed by atoms with Crippen molar-refractivity contribution in [2.45, 2.75) is 38.8 Å². The average molecular weight is 230 g/mol. The normalized spacial score (nSPS) is 20.2. The van der Waals surface area contributed by atoms with Crippen molar-refractivity contribution in [2.75, 3.05) is 6.54 Å². The molecule has 1 N–H and O–H groups in total. The van der Waals surface area contributed by atoms with Gasteiger partial charge in [0.2, 0.25) is 0 Å². The highest BCUT2D eigenvalue weighted by Gasteiger charge is 2.22. The topological polar surface area (TPSA) is 42.7 Å². The summed E-state index contributed by atoms with van der Waals surface area (Å²) in [5.74, 6) is 1.19. The Morgan fingerprint density at radius 2 is 2.47 bits per heavy atom. The van der Waals surface area contributed by atoms with Gasteiger partial charge in [0, 0.05) is 12.7 Å². The van der Waals surface area contributed by atoms with Crippen molar-refractivity contribution >= 4 is 11.0 Å². The van der Waals surface area contributed by atoms with Gasteiger partial charge >= 0.3 is 0 Å². The molecule has 2 aromatic heterocycles. The molecule has 1 aliphatic rings. The SMILES string of the molecule is CCCn1c(C2CCCN2)nc2cnccc21. The van der Waals surface area contributed by atoms with Crippen molar-refractivity contribution in [3.8, 4) is 0 Å². The van der Waals surface area contributed by atoms with Crippen LogP contribution in [0.3, 0.4) is 0 Å². The smallest absolute Gasteiger partial charge is 0.127 e. The molecule has 3 rings (SSSR count). The molecule has 1 atom stereocenters. The van der Waals surface area contributed by atoms with Crippen LogP contribution in [0, 0.1) is 0 Å². The third-order valence-electron chi connectivity index (χ3n) is 3.40. The minimum absolute atomic E-state index is 0.425. The van der Waals surface area contributed by atoms with Crippen molar-refractivity contribution < 1.29 is 0 Å². The van der Waals surface area contributed by atoms with E-state index in [1.54, 1.807) is 0 Å². The Labute approximate surface area is 101 Å². The van der Waals surface area contributed by atoms with Gasteiger partial charge in [-0.05, 0) is 31.9 Å². The second kappa shape index (κ2) is 4.45. The maximum Gasteiger partial charge on any atom is 0.127 e. The third-order valence-corrected chi connectivity index (χ3v) is 3.40. The number of fused-ring (bicyclic) bond motifs is 1. The molecule has 0 radical (unpaired) electrons. The van der Waals surface area contributed by atoms with E-state index in [1.807, 2.05) is 12.4 Å². The number of nitrogens with one attached hydrogen (secondary N) is 1. The van der Waals surface area contributed by atoms with Gasteiger partial charge in [-0.2, -0.15) is 0 Å². The summed E-state index contributed by atoms with van der Waals surface area (Å²) in [4.78, 5) is 8.91. The molecule has 0 bridgehead atoms. The third kappa shape index (κ3) is 1.82. The first-order valence-corrected chi connectivity index (χ1v) is 6.43. The molecule has 1 aliphatic heterocycles. The Balaban J connectivity index is 2.11. The second-order valence-electron chi connectivity index (χ2n) is 4.63. The van der Waals surface area contributed by atoms with Crippen molar-refractivity contribution in [1.29, 1.82) is 0 Å². The zero-order valence-electron chi connectivity index (χ0n) is 10.2. The minimum Gasteiger partial charge on any atom is -0.327 e. The fourth-order valence-electron chi connectivity index (χ4n) is 2.63. The monoisotopic (exact) mass is 230 g/mol. The van der Waals surface area contributed by atoms with Gasteiger partial charge < -0.3 is 9.88 Å². The van der Waals surface area contributed by atoms with Crippen LogP contribution in [0.15, 0.2) is 18.5 Å². The number of pyridine rings is 1. The van der Waals surface area contributed by atoms with Crippen molar-refractivity contribution in [3.63, 3.8) is 0 Å². The van der Waals surface area contributed by atoms with Gasteiger partial charge in [0.15, 0.2) is 0 Å². The summed E-state index contributed by atoms with van der Waals surface area (Å²) >= 11 is 0. The molecule has 17 heavy (non-hydrogen) atoms. The molecule has 4 heteroatoms. The summed E-state index contributed by atoms with van der Waals surface area (Å²) < 4.78 is 2.35. The lowest BCUT2D eigenvalue weighted by Crippen LogP contribution is -2.18. The van der Waals surface area contributed by atoms with Crippen molar-refractivity contribution in [1.82, 2.24) is 19.9 Å². The van der Waals surface area contributed by atoms with Crippen LogP contribution in [0.4, 0.5) is 0 Å². The van der Waals surface area contributed by atoms with E-state index in [4.69, 9.17) is 4.98 Å². The second-order valence-corrected chi connectivity index (χ2v) is 4.63. The molecular weight excluding hydrogens is 212 g/mol. The molecule has 2 aromatic rings. The summed E-state index contributed by atoms with van der Waals surface area (Å²) in [7, 11) is 0. The molecule has 0 spiro atoms. The van der Waals surface area contributed by atoms with Crippen LogP contribution < -0.4 is 5.32 Å². The summed E-state index contributed by atoms with van der Waals surface area (Å²) in [6, 6.07) is 2.49. The predicted molar refractivity (Wildman–Crippen MR) is 67.8 cm³/mol. The van der Waals surface area contributed by atoms with Crippen molar-refractivity contribution in [3.05, 3.63) is 24.3 Å². The maximum atomic E-state index is 4.75. The standard InChI is InChI=1S/C13H18N4/c1-2-8-17-12-5-7-14-9-11(12)16-13(17)10-4-3-6-15-10/h5,7,9-10,15H,2-4,6,8H2,1H3. The number of hydrogen-bond donors (Lipinski definition) is 1. The average Bonchev–Trinajstić information content (AvgIpc) is 2.97. The summed E-state index contributed by atoms with van der Waals surface area (Å²) in [5.41, 5.74) is 2.23. The number of hydrogen-bond acceptors (Lipinski definition) is 3. The van der Waals surface area contributed by atoms with E-state index in [9.17, 15) is 0 Å². The first-order chi connectivity index (χ1) is 8.40. The van der Waals surface area contributed by atoms with E-state index in [2.05, 4.69) is 27.9 Å². The molecule has 90 valence electrons. The van der Waals surface area contributed by atoms with Gasteiger partial charge in [-0.15, -0.1) is 0 Å². The van der Waals surface area contributed by atoms with E-state index in [1.165, 1.54) is 24.2 Å². The first-order valence-electron chi connectivity index (χ1n) is 6.43. The van der Waals surface area contributed by atoms with Crippen LogP contribution in [0.5, 0.6) is 0 Å². The van der Waals surface area contributed by atoms with E-state index in [-0.39, 0.29) is 0 Å². The van der Waals surface area contributed by atoms with Gasteiger partial charge in [-0.25, -0.2) is 4.98 Å². The molecule has 1 saturated heterocycles. The number of rotatable bonds is 3. The van der Waals surface area contributed by atoms with Crippen LogP contribution in [0.2, 0.25) is 0 Å². The summed E-state index contributed by atoms with van der Waals surface area (Å²) in [6.45, 7) is 4.35. The largest absolute Gasteiger partial charge is 0.327 e. The minimum atomic E-state index is 0.425. The fraction of sp³-hybridized carbons (Fsp3) is 0.538. The number of aromatic nitrogens is 3. The molecule has 3 heterocycles. The van der Waals surface area contributed by atoms with Gasteiger partial charge in [0.1, 0.15) is 11.3 Å². The highest BCUT2D eigenvalue weighted by molar-refractivity contribution is 5.74. The molecule has 4 nitrogen and oxygen atoms in total. The Morgan fingerprint density at radius 3 is 3.24 bits per heavy atom.